The molecule has 4 rings (SSSR count). The Bertz CT molecular complexity index is 594. The maximum absolute atomic E-state index is 13.6. The molecule has 0 spiro atoms. The summed E-state index contributed by atoms with van der Waals surface area (Å²) >= 11 is 0. The highest BCUT2D eigenvalue weighted by atomic mass is 19.1. The van der Waals surface area contributed by atoms with Gasteiger partial charge in [0.05, 0.1) is 18.2 Å². The Balaban J connectivity index is 1.91. The molecule has 3 N–H and O–H groups in total. The van der Waals surface area contributed by atoms with Crippen molar-refractivity contribution in [3.05, 3.63) is 58.6 Å². The molecule has 3 aliphatic heterocycles. The Labute approximate surface area is 104 Å². The number of nitrogens with one attached hydrogen (secondary N) is 3. The number of nitrogens with zero attached hydrogens (tertiary/aromatic N) is 1. The van der Waals surface area contributed by atoms with Crippen molar-refractivity contribution in [1.29, 1.82) is 0 Å². The Morgan fingerprint density at radius 1 is 1.39 bits per heavy atom. The van der Waals surface area contributed by atoms with Gasteiger partial charge in [0.25, 0.3) is 0 Å². The molecule has 0 amide bonds. The first kappa shape index (κ1) is 9.82. The van der Waals surface area contributed by atoms with E-state index in [4.69, 9.17) is 0 Å². The quantitative estimate of drug-likeness (QED) is 0.594. The lowest BCUT2D eigenvalue weighted by molar-refractivity contribution is 0.466. The minimum atomic E-state index is -0.206. The minimum absolute atomic E-state index is 0.127. The first-order valence-electron chi connectivity index (χ1n) is 5.95. The van der Waals surface area contributed by atoms with Gasteiger partial charge in [-0.25, -0.2) is 4.39 Å². The molecule has 5 heteroatoms. The van der Waals surface area contributed by atoms with Crippen LogP contribution in [0.5, 0.6) is 0 Å². The molecule has 18 heavy (non-hydrogen) atoms. The van der Waals surface area contributed by atoms with Crippen LogP contribution in [0.15, 0.2) is 58.6 Å². The van der Waals surface area contributed by atoms with Crippen molar-refractivity contribution in [3.63, 3.8) is 0 Å². The standard InChI is InChI=1S/C13H13FN4/c1-18-5-10-13-11(6-18)17-15-4-7-2-8(14)3-9(16-10)12(7)13/h2-4,6,12,15-17H,5H2,1H3. The van der Waals surface area contributed by atoms with Crippen molar-refractivity contribution in [3.8, 4) is 0 Å². The smallest absolute Gasteiger partial charge is 0.125 e. The first-order valence-corrected chi connectivity index (χ1v) is 5.95. The molecular formula is C13H13FN4. The molecule has 0 saturated carbocycles. The van der Waals surface area contributed by atoms with Crippen molar-refractivity contribution in [1.82, 2.24) is 21.1 Å². The van der Waals surface area contributed by atoms with Crippen molar-refractivity contribution in [2.45, 2.75) is 0 Å². The number of hydrazine groups is 1. The van der Waals surface area contributed by atoms with E-state index in [2.05, 4.69) is 27.3 Å². The fourth-order valence-electron chi connectivity index (χ4n) is 2.99. The lowest BCUT2D eigenvalue weighted by Gasteiger charge is -2.25. The minimum Gasteiger partial charge on any atom is -0.373 e. The maximum atomic E-state index is 13.6. The summed E-state index contributed by atoms with van der Waals surface area (Å²) in [5.41, 5.74) is 11.5. The summed E-state index contributed by atoms with van der Waals surface area (Å²) in [5.74, 6) is -0.0793. The highest BCUT2D eigenvalue weighted by Crippen LogP contribution is 2.43. The second-order valence-corrected chi connectivity index (χ2v) is 4.95. The van der Waals surface area contributed by atoms with E-state index in [1.54, 1.807) is 12.2 Å². The van der Waals surface area contributed by atoms with E-state index in [1.165, 1.54) is 5.57 Å². The van der Waals surface area contributed by atoms with Gasteiger partial charge < -0.3 is 15.6 Å². The van der Waals surface area contributed by atoms with Gasteiger partial charge in [-0.05, 0) is 17.7 Å². The normalized spacial score (nSPS) is 27.9. The zero-order valence-corrected chi connectivity index (χ0v) is 9.92. The zero-order valence-electron chi connectivity index (χ0n) is 9.92. The molecule has 1 unspecified atom stereocenters. The third-order valence-corrected chi connectivity index (χ3v) is 3.64. The van der Waals surface area contributed by atoms with Crippen molar-refractivity contribution in [2.24, 2.45) is 5.92 Å². The summed E-state index contributed by atoms with van der Waals surface area (Å²) in [7, 11) is 2.02. The molecule has 0 fully saturated rings. The average molecular weight is 244 g/mol. The molecule has 3 heterocycles. The molecule has 0 aromatic rings. The molecule has 0 bridgehead atoms. The van der Waals surface area contributed by atoms with Crippen molar-refractivity contribution >= 4 is 0 Å². The summed E-state index contributed by atoms with van der Waals surface area (Å²) in [5, 5.41) is 3.35. The lowest BCUT2D eigenvalue weighted by atomic mass is 9.85. The number of allylic oxidation sites excluding steroid dienone is 5. The van der Waals surface area contributed by atoms with Crippen LogP contribution in [-0.4, -0.2) is 18.5 Å². The predicted molar refractivity (Wildman–Crippen MR) is 66.0 cm³/mol. The number of rotatable bonds is 0. The number of hydrogen-bond acceptors (Lipinski definition) is 4. The van der Waals surface area contributed by atoms with E-state index >= 15 is 0 Å². The fourth-order valence-corrected chi connectivity index (χ4v) is 2.99. The van der Waals surface area contributed by atoms with E-state index in [1.807, 2.05) is 13.2 Å². The van der Waals surface area contributed by atoms with Gasteiger partial charge in [0.2, 0.25) is 0 Å². The van der Waals surface area contributed by atoms with Crippen molar-refractivity contribution in [2.75, 3.05) is 13.6 Å². The highest BCUT2D eigenvalue weighted by Gasteiger charge is 2.39. The van der Waals surface area contributed by atoms with Gasteiger partial charge in [0, 0.05) is 36.4 Å². The molecule has 1 aliphatic carbocycles. The van der Waals surface area contributed by atoms with Crippen LogP contribution in [0.2, 0.25) is 0 Å². The van der Waals surface area contributed by atoms with Crippen molar-refractivity contribution < 1.29 is 4.39 Å². The molecule has 4 nitrogen and oxygen atoms in total. The Kier molecular flexibility index (Phi) is 1.74. The average Bonchev–Trinajstić information content (AvgIpc) is 2.54. The molecular weight excluding hydrogens is 231 g/mol. The van der Waals surface area contributed by atoms with E-state index in [-0.39, 0.29) is 11.7 Å². The van der Waals surface area contributed by atoms with E-state index < -0.39 is 0 Å². The van der Waals surface area contributed by atoms with Crippen LogP contribution in [0, 0.1) is 5.92 Å². The second-order valence-electron chi connectivity index (χ2n) is 4.95. The molecule has 0 aromatic carbocycles. The van der Waals surface area contributed by atoms with Crippen LogP contribution in [0.25, 0.3) is 0 Å². The lowest BCUT2D eigenvalue weighted by Crippen LogP contribution is -2.32. The highest BCUT2D eigenvalue weighted by molar-refractivity contribution is 5.58. The van der Waals surface area contributed by atoms with Gasteiger partial charge in [0.1, 0.15) is 5.83 Å². The summed E-state index contributed by atoms with van der Waals surface area (Å²) in [6.45, 7) is 0.823. The van der Waals surface area contributed by atoms with Gasteiger partial charge in [-0.3, -0.25) is 5.43 Å². The molecule has 4 aliphatic rings. The molecule has 0 radical (unpaired) electrons. The summed E-state index contributed by atoms with van der Waals surface area (Å²) < 4.78 is 13.6. The van der Waals surface area contributed by atoms with Crippen LogP contribution in [-0.2, 0) is 0 Å². The second kappa shape index (κ2) is 3.19. The van der Waals surface area contributed by atoms with Gasteiger partial charge in [-0.1, -0.05) is 0 Å². The predicted octanol–water partition coefficient (Wildman–Crippen LogP) is 0.989. The van der Waals surface area contributed by atoms with Crippen LogP contribution < -0.4 is 16.2 Å². The maximum Gasteiger partial charge on any atom is 0.125 e. The third-order valence-electron chi connectivity index (χ3n) is 3.64. The third kappa shape index (κ3) is 1.19. The number of halogens is 1. The number of likely N-dealkylation sites (N-methyl/N-ethyl adjacent to an activating group) is 1. The van der Waals surface area contributed by atoms with E-state index in [9.17, 15) is 4.39 Å². The molecule has 1 atom stereocenters. The largest absolute Gasteiger partial charge is 0.373 e. The SMILES string of the molecule is CN1C=C2NNC=C3C=C(F)C=C4NC(=C2C34)C1. The summed E-state index contributed by atoms with van der Waals surface area (Å²) in [6, 6.07) is 0. The van der Waals surface area contributed by atoms with Gasteiger partial charge in [0.15, 0.2) is 0 Å². The molecule has 0 saturated heterocycles. The van der Waals surface area contributed by atoms with Gasteiger partial charge in [-0.15, -0.1) is 0 Å². The van der Waals surface area contributed by atoms with E-state index in [0.717, 1.165) is 29.2 Å². The topological polar surface area (TPSA) is 39.3 Å². The van der Waals surface area contributed by atoms with Crippen LogP contribution >= 0.6 is 0 Å². The summed E-state index contributed by atoms with van der Waals surface area (Å²) in [6.07, 6.45) is 7.07. The Hall–Kier alpha value is -2.17. The first-order chi connectivity index (χ1) is 8.72. The fraction of sp³-hybridized carbons (Fsp3) is 0.231. The zero-order chi connectivity index (χ0) is 12.3. The number of hydrogen-bond donors (Lipinski definition) is 3. The molecule has 0 aromatic heterocycles. The van der Waals surface area contributed by atoms with Crippen LogP contribution in [0.4, 0.5) is 4.39 Å². The van der Waals surface area contributed by atoms with E-state index in [0.29, 0.717) is 0 Å². The molecule has 92 valence electrons. The van der Waals surface area contributed by atoms with Gasteiger partial charge >= 0.3 is 0 Å². The Morgan fingerprint density at radius 2 is 2.28 bits per heavy atom. The monoisotopic (exact) mass is 244 g/mol. The van der Waals surface area contributed by atoms with Crippen LogP contribution in [0.1, 0.15) is 0 Å². The Morgan fingerprint density at radius 3 is 3.17 bits per heavy atom. The van der Waals surface area contributed by atoms with Gasteiger partial charge in [-0.2, -0.15) is 0 Å². The summed E-state index contributed by atoms with van der Waals surface area (Å²) in [4.78, 5) is 2.10. The van der Waals surface area contributed by atoms with Crippen LogP contribution in [0.3, 0.4) is 0 Å².